The van der Waals surface area contributed by atoms with Crippen molar-refractivity contribution < 1.29 is 38.4 Å². The Kier molecular flexibility index (Phi) is 6.81. The first-order chi connectivity index (χ1) is 14.4. The number of hydrogen-bond acceptors (Lipinski definition) is 8. The molecule has 5 atom stereocenters. The highest BCUT2D eigenvalue weighted by molar-refractivity contribution is 5.90. The molecule has 8 nitrogen and oxygen atoms in total. The molecule has 1 fully saturated rings. The summed E-state index contributed by atoms with van der Waals surface area (Å²) in [6.07, 6.45) is -6.19. The van der Waals surface area contributed by atoms with Gasteiger partial charge in [-0.2, -0.15) is 0 Å². The van der Waals surface area contributed by atoms with E-state index in [9.17, 15) is 19.5 Å². The van der Waals surface area contributed by atoms with Crippen LogP contribution in [0.2, 0.25) is 0 Å². The molecular weight excluding hydrogens is 392 g/mol. The average molecular weight is 414 g/mol. The SMILES string of the molecule is CC(=O)O[C@H]1[C@@H](OC(=O)c2ccccc2)[C@@H](OC(=O)c2ccccc2)[C@@H](O)O[C@H]1C. The van der Waals surface area contributed by atoms with Crippen LogP contribution in [0.3, 0.4) is 0 Å². The highest BCUT2D eigenvalue weighted by atomic mass is 16.7. The maximum absolute atomic E-state index is 12.6. The number of esters is 3. The summed E-state index contributed by atoms with van der Waals surface area (Å²) in [4.78, 5) is 36.8. The number of carbonyl (C=O) groups excluding carboxylic acids is 3. The Hall–Kier alpha value is -3.23. The summed E-state index contributed by atoms with van der Waals surface area (Å²) in [7, 11) is 0. The van der Waals surface area contributed by atoms with E-state index < -0.39 is 48.6 Å². The molecule has 0 bridgehead atoms. The lowest BCUT2D eigenvalue weighted by Gasteiger charge is -2.42. The Morgan fingerprint density at radius 2 is 1.23 bits per heavy atom. The third-order valence-electron chi connectivity index (χ3n) is 4.55. The molecule has 1 saturated heterocycles. The first-order valence-corrected chi connectivity index (χ1v) is 9.39. The lowest BCUT2D eigenvalue weighted by Crippen LogP contribution is -2.60. The van der Waals surface area contributed by atoms with E-state index in [0.717, 1.165) is 0 Å². The minimum atomic E-state index is -1.59. The number of carbonyl (C=O) groups is 3. The predicted molar refractivity (Wildman–Crippen MR) is 103 cm³/mol. The molecule has 0 radical (unpaired) electrons. The lowest BCUT2D eigenvalue weighted by molar-refractivity contribution is -0.279. The summed E-state index contributed by atoms with van der Waals surface area (Å²) >= 11 is 0. The molecule has 8 heteroatoms. The van der Waals surface area contributed by atoms with E-state index in [1.165, 1.54) is 19.1 Å². The van der Waals surface area contributed by atoms with Crippen molar-refractivity contribution in [3.63, 3.8) is 0 Å². The first kappa shape index (κ1) is 21.5. The largest absolute Gasteiger partial charge is 0.456 e. The molecule has 1 N–H and O–H groups in total. The summed E-state index contributed by atoms with van der Waals surface area (Å²) in [5.41, 5.74) is 0.487. The van der Waals surface area contributed by atoms with Gasteiger partial charge in [-0.25, -0.2) is 9.59 Å². The van der Waals surface area contributed by atoms with Crippen LogP contribution in [-0.2, 0) is 23.7 Å². The quantitative estimate of drug-likeness (QED) is 0.585. The third-order valence-corrected chi connectivity index (χ3v) is 4.55. The molecule has 0 aromatic heterocycles. The van der Waals surface area contributed by atoms with Crippen LogP contribution in [-0.4, -0.2) is 53.7 Å². The van der Waals surface area contributed by atoms with Gasteiger partial charge < -0.3 is 24.1 Å². The van der Waals surface area contributed by atoms with Gasteiger partial charge in [-0.05, 0) is 31.2 Å². The topological polar surface area (TPSA) is 108 Å². The molecule has 1 aliphatic rings. The minimum absolute atomic E-state index is 0.237. The van der Waals surface area contributed by atoms with Gasteiger partial charge in [-0.15, -0.1) is 0 Å². The van der Waals surface area contributed by atoms with Crippen LogP contribution >= 0.6 is 0 Å². The van der Waals surface area contributed by atoms with Crippen LogP contribution < -0.4 is 0 Å². The molecule has 3 rings (SSSR count). The molecule has 30 heavy (non-hydrogen) atoms. The monoisotopic (exact) mass is 414 g/mol. The van der Waals surface area contributed by atoms with Gasteiger partial charge in [0, 0.05) is 6.92 Å². The average Bonchev–Trinajstić information content (AvgIpc) is 2.74. The van der Waals surface area contributed by atoms with E-state index in [1.807, 2.05) is 0 Å². The number of ether oxygens (including phenoxy) is 4. The zero-order valence-electron chi connectivity index (χ0n) is 16.5. The standard InChI is InChI=1S/C22H22O8/c1-13-17(28-14(2)23)18(29-20(24)15-9-5-3-6-10-15)19(22(26)27-13)30-21(25)16-11-7-4-8-12-16/h3-13,17-19,22,26H,1-2H3/t13-,17+,18+,19+,22-/m0/s1. The van der Waals surface area contributed by atoms with Gasteiger partial charge in [0.15, 0.2) is 24.6 Å². The minimum Gasteiger partial charge on any atom is -0.456 e. The second-order valence-electron chi connectivity index (χ2n) is 6.78. The zero-order valence-corrected chi connectivity index (χ0v) is 16.5. The van der Waals surface area contributed by atoms with Gasteiger partial charge in [0.25, 0.3) is 0 Å². The lowest BCUT2D eigenvalue weighted by atomic mass is 9.98. The summed E-state index contributed by atoms with van der Waals surface area (Å²) in [6, 6.07) is 16.3. The Bertz CT molecular complexity index is 883. The van der Waals surface area contributed by atoms with Crippen LogP contribution in [0.15, 0.2) is 60.7 Å². The Morgan fingerprint density at radius 1 is 0.767 bits per heavy atom. The van der Waals surface area contributed by atoms with Gasteiger partial charge in [0.1, 0.15) is 0 Å². The van der Waals surface area contributed by atoms with Gasteiger partial charge in [0.05, 0.1) is 17.2 Å². The Labute approximate surface area is 173 Å². The first-order valence-electron chi connectivity index (χ1n) is 9.39. The number of rotatable bonds is 5. The van der Waals surface area contributed by atoms with Crippen molar-refractivity contribution in [1.29, 1.82) is 0 Å². The van der Waals surface area contributed by atoms with Crippen LogP contribution in [0.4, 0.5) is 0 Å². The summed E-state index contributed by atoms with van der Waals surface area (Å²) < 4.78 is 21.6. The van der Waals surface area contributed by atoms with E-state index in [0.29, 0.717) is 0 Å². The number of aliphatic hydroxyl groups is 1. The van der Waals surface area contributed by atoms with Crippen molar-refractivity contribution in [3.8, 4) is 0 Å². The van der Waals surface area contributed by atoms with E-state index in [2.05, 4.69) is 0 Å². The van der Waals surface area contributed by atoms with Crippen molar-refractivity contribution in [2.75, 3.05) is 0 Å². The number of hydrogen-bond donors (Lipinski definition) is 1. The Morgan fingerprint density at radius 3 is 1.70 bits per heavy atom. The fourth-order valence-corrected chi connectivity index (χ4v) is 3.14. The van der Waals surface area contributed by atoms with Gasteiger partial charge in [0.2, 0.25) is 0 Å². The van der Waals surface area contributed by atoms with Crippen molar-refractivity contribution in [2.24, 2.45) is 0 Å². The van der Waals surface area contributed by atoms with Crippen LogP contribution in [0.25, 0.3) is 0 Å². The van der Waals surface area contributed by atoms with E-state index in [4.69, 9.17) is 18.9 Å². The molecular formula is C22H22O8. The number of benzene rings is 2. The van der Waals surface area contributed by atoms with Gasteiger partial charge in [-0.1, -0.05) is 36.4 Å². The van der Waals surface area contributed by atoms with Gasteiger partial charge >= 0.3 is 17.9 Å². The van der Waals surface area contributed by atoms with Crippen LogP contribution in [0, 0.1) is 0 Å². The van der Waals surface area contributed by atoms with Crippen LogP contribution in [0.5, 0.6) is 0 Å². The molecule has 0 spiro atoms. The van der Waals surface area contributed by atoms with E-state index in [1.54, 1.807) is 55.5 Å². The predicted octanol–water partition coefficient (Wildman–Crippen LogP) is 2.11. The van der Waals surface area contributed by atoms with Crippen molar-refractivity contribution in [2.45, 2.75) is 44.6 Å². The smallest absolute Gasteiger partial charge is 0.338 e. The molecule has 158 valence electrons. The van der Waals surface area contributed by atoms with Crippen molar-refractivity contribution in [1.82, 2.24) is 0 Å². The highest BCUT2D eigenvalue weighted by Crippen LogP contribution is 2.28. The summed E-state index contributed by atoms with van der Waals surface area (Å²) in [5, 5.41) is 10.4. The summed E-state index contributed by atoms with van der Waals surface area (Å²) in [5.74, 6) is -2.11. The zero-order chi connectivity index (χ0) is 21.7. The van der Waals surface area contributed by atoms with Crippen LogP contribution in [0.1, 0.15) is 34.6 Å². The van der Waals surface area contributed by atoms with Gasteiger partial charge in [-0.3, -0.25) is 4.79 Å². The van der Waals surface area contributed by atoms with E-state index >= 15 is 0 Å². The molecule has 0 saturated carbocycles. The Balaban J connectivity index is 1.88. The number of aliphatic hydroxyl groups excluding tert-OH is 1. The van der Waals surface area contributed by atoms with Crippen molar-refractivity contribution >= 4 is 17.9 Å². The molecule has 1 aliphatic heterocycles. The normalized spacial score (nSPS) is 25.8. The fourth-order valence-electron chi connectivity index (χ4n) is 3.14. The molecule has 2 aromatic carbocycles. The molecule has 2 aromatic rings. The second kappa shape index (κ2) is 9.51. The fraction of sp³-hybridized carbons (Fsp3) is 0.318. The molecule has 1 heterocycles. The molecule has 0 unspecified atom stereocenters. The van der Waals surface area contributed by atoms with E-state index in [-0.39, 0.29) is 11.1 Å². The van der Waals surface area contributed by atoms with Crippen molar-refractivity contribution in [3.05, 3.63) is 71.8 Å². The highest BCUT2D eigenvalue weighted by Gasteiger charge is 2.50. The second-order valence-corrected chi connectivity index (χ2v) is 6.78. The summed E-state index contributed by atoms with van der Waals surface area (Å²) in [6.45, 7) is 2.74. The third kappa shape index (κ3) is 5.03. The molecule has 0 amide bonds. The maximum Gasteiger partial charge on any atom is 0.338 e. The molecule has 0 aliphatic carbocycles. The maximum atomic E-state index is 12.6.